The topological polar surface area (TPSA) is 61.4 Å². The Morgan fingerprint density at radius 1 is 1.25 bits per heavy atom. The highest BCUT2D eigenvalue weighted by atomic mass is 35.5. The molecular weight excluding hydrogens is 449 g/mol. The highest BCUT2D eigenvalue weighted by Crippen LogP contribution is 2.40. The average molecular weight is 470 g/mol. The van der Waals surface area contributed by atoms with Gasteiger partial charge in [-0.25, -0.2) is 14.4 Å². The normalized spacial score (nSPS) is 18.3. The summed E-state index contributed by atoms with van der Waals surface area (Å²) < 4.78 is 14.5. The van der Waals surface area contributed by atoms with Crippen LogP contribution in [-0.2, 0) is 13.0 Å². The van der Waals surface area contributed by atoms with Crippen LogP contribution in [0.5, 0.6) is 0 Å². The van der Waals surface area contributed by atoms with Crippen LogP contribution < -0.4 is 10.2 Å². The van der Waals surface area contributed by atoms with Gasteiger partial charge < -0.3 is 10.2 Å². The van der Waals surface area contributed by atoms with Gasteiger partial charge in [-0.1, -0.05) is 35.5 Å². The van der Waals surface area contributed by atoms with E-state index >= 15 is 0 Å². The summed E-state index contributed by atoms with van der Waals surface area (Å²) in [6.07, 6.45) is 2.53. The number of hydrogen-bond acceptors (Lipinski definition) is 6. The summed E-state index contributed by atoms with van der Waals surface area (Å²) in [6.45, 7) is 3.79. The van der Waals surface area contributed by atoms with Crippen LogP contribution in [-0.4, -0.2) is 39.7 Å². The number of carbonyl (C=O) groups excluding carboxylic acids is 1. The Balaban J connectivity index is 1.42. The lowest BCUT2D eigenvalue weighted by molar-refractivity contribution is 0.0978. The first-order valence-electron chi connectivity index (χ1n) is 10.3. The van der Waals surface area contributed by atoms with Gasteiger partial charge in [-0.2, -0.15) is 0 Å². The molecule has 0 spiro atoms. The molecule has 1 aromatic heterocycles. The Kier molecular flexibility index (Phi) is 5.53. The zero-order valence-electron chi connectivity index (χ0n) is 17.6. The number of benzene rings is 2. The lowest BCUT2D eigenvalue weighted by atomic mass is 9.99. The van der Waals surface area contributed by atoms with E-state index in [1.54, 1.807) is 6.07 Å². The van der Waals surface area contributed by atoms with Gasteiger partial charge in [0.05, 0.1) is 21.6 Å². The number of thioether (sulfide) groups is 1. The van der Waals surface area contributed by atoms with Crippen molar-refractivity contribution in [2.45, 2.75) is 30.3 Å². The third kappa shape index (κ3) is 3.83. The fraction of sp³-hybridized carbons (Fsp3) is 0.261. The SMILES string of the molecule is CC1Sc2nc(Nc3ccc4c(c3)CN(C)CC4)ncc2C(=O)N1c1c(F)cccc1Cl. The second-order valence-electron chi connectivity index (χ2n) is 7.97. The first-order chi connectivity index (χ1) is 15.4. The van der Waals surface area contributed by atoms with Crippen molar-refractivity contribution in [2.24, 2.45) is 0 Å². The summed E-state index contributed by atoms with van der Waals surface area (Å²) in [5.74, 6) is -0.502. The van der Waals surface area contributed by atoms with Crippen LogP contribution in [0.4, 0.5) is 21.7 Å². The lowest BCUT2D eigenvalue weighted by Gasteiger charge is -2.33. The number of carbonyl (C=O) groups is 1. The average Bonchev–Trinajstić information content (AvgIpc) is 2.75. The van der Waals surface area contributed by atoms with E-state index in [9.17, 15) is 9.18 Å². The lowest BCUT2D eigenvalue weighted by Crippen LogP contribution is -2.41. The quantitative estimate of drug-likeness (QED) is 0.538. The maximum atomic E-state index is 14.5. The third-order valence-electron chi connectivity index (χ3n) is 5.69. The molecule has 9 heteroatoms. The molecule has 3 heterocycles. The van der Waals surface area contributed by atoms with Crippen LogP contribution in [0.25, 0.3) is 0 Å². The van der Waals surface area contributed by atoms with Gasteiger partial charge in [0, 0.05) is 25.0 Å². The molecule has 0 fully saturated rings. The first-order valence-corrected chi connectivity index (χ1v) is 11.5. The van der Waals surface area contributed by atoms with Crippen molar-refractivity contribution in [3.8, 4) is 0 Å². The molecule has 1 amide bonds. The standard InChI is InChI=1S/C23H21ClFN5OS/c1-13-30(20-18(24)4-3-5-19(20)25)22(31)17-11-26-23(28-21(17)32-13)27-16-7-6-14-8-9-29(2)12-15(14)10-16/h3-7,10-11,13H,8-9,12H2,1-2H3,(H,26,27,28). The molecule has 0 bridgehead atoms. The predicted octanol–water partition coefficient (Wildman–Crippen LogP) is 5.10. The monoisotopic (exact) mass is 469 g/mol. The van der Waals surface area contributed by atoms with E-state index in [2.05, 4.69) is 39.4 Å². The summed E-state index contributed by atoms with van der Waals surface area (Å²) in [7, 11) is 2.11. The van der Waals surface area contributed by atoms with Crippen molar-refractivity contribution < 1.29 is 9.18 Å². The zero-order valence-corrected chi connectivity index (χ0v) is 19.2. The minimum atomic E-state index is -0.543. The highest BCUT2D eigenvalue weighted by molar-refractivity contribution is 8.00. The molecule has 1 unspecified atom stereocenters. The van der Waals surface area contributed by atoms with Crippen LogP contribution in [0, 0.1) is 5.82 Å². The number of anilines is 3. The zero-order chi connectivity index (χ0) is 22.4. The van der Waals surface area contributed by atoms with E-state index < -0.39 is 5.82 Å². The van der Waals surface area contributed by atoms with Crippen molar-refractivity contribution >= 4 is 46.6 Å². The molecule has 0 aliphatic carbocycles. The minimum absolute atomic E-state index is 0.0750. The number of likely N-dealkylation sites (N-methyl/N-ethyl adjacent to an activating group) is 1. The van der Waals surface area contributed by atoms with Crippen molar-refractivity contribution in [1.29, 1.82) is 0 Å². The largest absolute Gasteiger partial charge is 0.324 e. The van der Waals surface area contributed by atoms with Crippen LogP contribution >= 0.6 is 23.4 Å². The van der Waals surface area contributed by atoms with E-state index in [1.165, 1.54) is 46.1 Å². The molecule has 164 valence electrons. The number of aromatic nitrogens is 2. The van der Waals surface area contributed by atoms with Crippen molar-refractivity contribution in [2.75, 3.05) is 23.8 Å². The number of nitrogens with zero attached hydrogens (tertiary/aromatic N) is 4. The van der Waals surface area contributed by atoms with Gasteiger partial charge in [0.15, 0.2) is 0 Å². The molecule has 2 aliphatic heterocycles. The number of nitrogens with one attached hydrogen (secondary N) is 1. The van der Waals surface area contributed by atoms with E-state index in [4.69, 9.17) is 11.6 Å². The van der Waals surface area contributed by atoms with Gasteiger partial charge in [-0.15, -0.1) is 0 Å². The number of hydrogen-bond donors (Lipinski definition) is 1. The number of fused-ring (bicyclic) bond motifs is 2. The van der Waals surface area contributed by atoms with E-state index in [1.807, 2.05) is 13.0 Å². The van der Waals surface area contributed by atoms with Gasteiger partial charge in [0.2, 0.25) is 5.95 Å². The summed E-state index contributed by atoms with van der Waals surface area (Å²) >= 11 is 7.57. The first kappa shape index (κ1) is 21.2. The second-order valence-corrected chi connectivity index (χ2v) is 9.68. The highest BCUT2D eigenvalue weighted by Gasteiger charge is 2.35. The number of halogens is 2. The summed E-state index contributed by atoms with van der Waals surface area (Å²) in [6, 6.07) is 10.7. The second kappa shape index (κ2) is 8.35. The van der Waals surface area contributed by atoms with Gasteiger partial charge in [0.25, 0.3) is 5.91 Å². The van der Waals surface area contributed by atoms with Crippen LogP contribution in [0.15, 0.2) is 47.6 Å². The van der Waals surface area contributed by atoms with Crippen molar-refractivity contribution in [1.82, 2.24) is 14.9 Å². The Hall–Kier alpha value is -2.68. The van der Waals surface area contributed by atoms with E-state index in [0.717, 1.165) is 25.2 Å². The Bertz CT molecular complexity index is 1200. The number of para-hydroxylation sites is 1. The molecule has 6 nitrogen and oxygen atoms in total. The molecule has 2 aromatic carbocycles. The maximum absolute atomic E-state index is 14.5. The van der Waals surface area contributed by atoms with E-state index in [-0.39, 0.29) is 22.0 Å². The van der Waals surface area contributed by atoms with Crippen molar-refractivity contribution in [3.63, 3.8) is 0 Å². The summed E-state index contributed by atoms with van der Waals surface area (Å²) in [5, 5.41) is 3.61. The minimum Gasteiger partial charge on any atom is -0.324 e. The predicted molar refractivity (Wildman–Crippen MR) is 125 cm³/mol. The molecule has 0 saturated heterocycles. The molecule has 5 rings (SSSR count). The molecule has 0 saturated carbocycles. The van der Waals surface area contributed by atoms with E-state index in [0.29, 0.717) is 16.5 Å². The van der Waals surface area contributed by atoms with Gasteiger partial charge in [-0.05, 0) is 55.8 Å². The molecule has 0 radical (unpaired) electrons. The molecular formula is C23H21ClFN5OS. The van der Waals surface area contributed by atoms with Crippen LogP contribution in [0.3, 0.4) is 0 Å². The fourth-order valence-electron chi connectivity index (χ4n) is 4.08. The number of amides is 1. The molecule has 1 atom stereocenters. The van der Waals surface area contributed by atoms with Crippen LogP contribution in [0.1, 0.15) is 28.4 Å². The molecule has 1 N–H and O–H groups in total. The third-order valence-corrected chi connectivity index (χ3v) is 7.08. The van der Waals surface area contributed by atoms with Gasteiger partial charge >= 0.3 is 0 Å². The maximum Gasteiger partial charge on any atom is 0.263 e. The molecule has 2 aliphatic rings. The smallest absolute Gasteiger partial charge is 0.263 e. The summed E-state index contributed by atoms with van der Waals surface area (Å²) in [4.78, 5) is 25.7. The Labute approximate surface area is 194 Å². The summed E-state index contributed by atoms with van der Waals surface area (Å²) in [5.41, 5.74) is 3.95. The Morgan fingerprint density at radius 2 is 2.09 bits per heavy atom. The molecule has 3 aromatic rings. The molecule has 32 heavy (non-hydrogen) atoms. The van der Waals surface area contributed by atoms with Crippen LogP contribution in [0.2, 0.25) is 5.02 Å². The van der Waals surface area contributed by atoms with Gasteiger partial charge in [-0.3, -0.25) is 9.69 Å². The van der Waals surface area contributed by atoms with Gasteiger partial charge in [0.1, 0.15) is 10.8 Å². The van der Waals surface area contributed by atoms with Crippen molar-refractivity contribution in [3.05, 3.63) is 70.1 Å². The fourth-order valence-corrected chi connectivity index (χ4v) is 5.37. The number of rotatable bonds is 3. The Morgan fingerprint density at radius 3 is 2.91 bits per heavy atom.